The van der Waals surface area contributed by atoms with Gasteiger partial charge in [0.2, 0.25) is 0 Å². The lowest BCUT2D eigenvalue weighted by molar-refractivity contribution is -0.0790. The lowest BCUT2D eigenvalue weighted by Crippen LogP contribution is -2.46. The smallest absolute Gasteiger partial charge is 0.0991 e. The van der Waals surface area contributed by atoms with Gasteiger partial charge in [0.05, 0.1) is 24.4 Å². The maximum atomic E-state index is 10.5. The molecular weight excluding hydrogens is 312 g/mol. The van der Waals surface area contributed by atoms with Crippen LogP contribution in [0.3, 0.4) is 0 Å². The van der Waals surface area contributed by atoms with Gasteiger partial charge in [-0.05, 0) is 44.1 Å². The molecule has 0 aromatic heterocycles. The summed E-state index contributed by atoms with van der Waals surface area (Å²) in [6.45, 7) is 4.37. The molecule has 3 aliphatic rings. The van der Waals surface area contributed by atoms with Crippen LogP contribution in [0.1, 0.15) is 65.2 Å². The summed E-state index contributed by atoms with van der Waals surface area (Å²) < 4.78 is 6.27. The minimum atomic E-state index is -0.559. The molecule has 2 aliphatic carbocycles. The second kappa shape index (κ2) is 8.66. The van der Waals surface area contributed by atoms with Crippen molar-refractivity contribution >= 4 is 0 Å². The van der Waals surface area contributed by atoms with Crippen LogP contribution in [-0.4, -0.2) is 34.6 Å². The van der Waals surface area contributed by atoms with Crippen molar-refractivity contribution in [2.45, 2.75) is 89.6 Å². The van der Waals surface area contributed by atoms with Gasteiger partial charge in [0.15, 0.2) is 0 Å². The molecule has 1 fully saturated rings. The molecule has 25 heavy (non-hydrogen) atoms. The van der Waals surface area contributed by atoms with Gasteiger partial charge in [-0.25, -0.2) is 0 Å². The van der Waals surface area contributed by atoms with Crippen molar-refractivity contribution < 1.29 is 14.9 Å². The van der Waals surface area contributed by atoms with Crippen LogP contribution in [0, 0.1) is 11.8 Å². The fourth-order valence-corrected chi connectivity index (χ4v) is 4.66. The maximum Gasteiger partial charge on any atom is 0.0991 e. The van der Waals surface area contributed by atoms with E-state index in [0.717, 1.165) is 12.8 Å². The zero-order valence-corrected chi connectivity index (χ0v) is 15.7. The first-order valence-electron chi connectivity index (χ1n) is 10.2. The highest BCUT2D eigenvalue weighted by atomic mass is 16.5. The monoisotopic (exact) mass is 346 g/mol. The SMILES string of the molecule is CCCCCCCC=CC1OC2C(O)C=C3CC(O)CC3C2C=C1C. The van der Waals surface area contributed by atoms with Crippen molar-refractivity contribution in [2.24, 2.45) is 11.8 Å². The molecule has 140 valence electrons. The zero-order valence-electron chi connectivity index (χ0n) is 15.7. The van der Waals surface area contributed by atoms with E-state index >= 15 is 0 Å². The standard InChI is InChI=1S/C22H34O3/c1-3-4-5-6-7-8-9-10-21-15(2)11-19-18-14-17(23)12-16(18)13-20(24)22(19)25-21/h9-11,13,17-24H,3-8,12,14H2,1-2H3. The van der Waals surface area contributed by atoms with Gasteiger partial charge in [-0.3, -0.25) is 0 Å². The molecule has 0 radical (unpaired) electrons. The molecule has 1 aliphatic heterocycles. The van der Waals surface area contributed by atoms with E-state index in [1.165, 1.54) is 43.3 Å². The third-order valence-electron chi connectivity index (χ3n) is 6.03. The quantitative estimate of drug-likeness (QED) is 0.533. The fraction of sp³-hybridized carbons (Fsp3) is 0.727. The largest absolute Gasteiger partial charge is 0.393 e. The predicted octanol–water partition coefficient (Wildman–Crippen LogP) is 4.30. The lowest BCUT2D eigenvalue weighted by Gasteiger charge is -2.42. The van der Waals surface area contributed by atoms with Gasteiger partial charge < -0.3 is 14.9 Å². The Morgan fingerprint density at radius 2 is 1.96 bits per heavy atom. The van der Waals surface area contributed by atoms with Gasteiger partial charge in [-0.15, -0.1) is 0 Å². The Labute approximate surface area is 152 Å². The Morgan fingerprint density at radius 3 is 2.76 bits per heavy atom. The van der Waals surface area contributed by atoms with Gasteiger partial charge in [0, 0.05) is 5.92 Å². The highest BCUT2D eigenvalue weighted by Crippen LogP contribution is 2.46. The molecular formula is C22H34O3. The minimum absolute atomic E-state index is 0.0205. The average Bonchev–Trinajstić information content (AvgIpc) is 2.95. The number of rotatable bonds is 7. The van der Waals surface area contributed by atoms with E-state index in [9.17, 15) is 10.2 Å². The Bertz CT molecular complexity index is 533. The topological polar surface area (TPSA) is 49.7 Å². The first-order chi connectivity index (χ1) is 12.1. The second-order valence-corrected chi connectivity index (χ2v) is 8.07. The Kier molecular flexibility index (Phi) is 6.54. The average molecular weight is 347 g/mol. The maximum absolute atomic E-state index is 10.5. The molecule has 1 saturated carbocycles. The summed E-state index contributed by atoms with van der Waals surface area (Å²) in [6.07, 6.45) is 16.7. The Hall–Kier alpha value is -0.900. The van der Waals surface area contributed by atoms with E-state index < -0.39 is 6.10 Å². The number of allylic oxidation sites excluding steroid dienone is 1. The molecule has 3 nitrogen and oxygen atoms in total. The molecule has 0 amide bonds. The van der Waals surface area contributed by atoms with Crippen LogP contribution < -0.4 is 0 Å². The summed E-state index contributed by atoms with van der Waals surface area (Å²) in [5.41, 5.74) is 2.45. The van der Waals surface area contributed by atoms with E-state index in [1.807, 2.05) is 6.08 Å². The number of hydrogen-bond acceptors (Lipinski definition) is 3. The molecule has 0 saturated heterocycles. The highest BCUT2D eigenvalue weighted by Gasteiger charge is 2.45. The summed E-state index contributed by atoms with van der Waals surface area (Å²) in [4.78, 5) is 0. The molecule has 0 spiro atoms. The number of ether oxygens (including phenoxy) is 1. The van der Waals surface area contributed by atoms with E-state index in [2.05, 4.69) is 32.1 Å². The van der Waals surface area contributed by atoms with E-state index in [-0.39, 0.29) is 24.2 Å². The van der Waals surface area contributed by atoms with Crippen LogP contribution in [0.25, 0.3) is 0 Å². The normalized spacial score (nSPS) is 37.6. The predicted molar refractivity (Wildman–Crippen MR) is 101 cm³/mol. The van der Waals surface area contributed by atoms with Crippen LogP contribution >= 0.6 is 0 Å². The molecule has 0 bridgehead atoms. The van der Waals surface area contributed by atoms with Gasteiger partial charge in [0.25, 0.3) is 0 Å². The number of fused-ring (bicyclic) bond motifs is 3. The molecule has 1 heterocycles. The van der Waals surface area contributed by atoms with E-state index in [0.29, 0.717) is 12.3 Å². The molecule has 3 rings (SSSR count). The summed E-state index contributed by atoms with van der Waals surface area (Å²) in [7, 11) is 0. The summed E-state index contributed by atoms with van der Waals surface area (Å²) in [6, 6.07) is 0. The summed E-state index contributed by atoms with van der Waals surface area (Å²) >= 11 is 0. The number of unbranched alkanes of at least 4 members (excludes halogenated alkanes) is 5. The van der Waals surface area contributed by atoms with Crippen LogP contribution in [0.2, 0.25) is 0 Å². The Balaban J connectivity index is 1.57. The van der Waals surface area contributed by atoms with Crippen molar-refractivity contribution in [1.29, 1.82) is 0 Å². The third kappa shape index (κ3) is 4.45. The van der Waals surface area contributed by atoms with Crippen molar-refractivity contribution in [3.05, 3.63) is 35.5 Å². The number of aliphatic hydroxyl groups excluding tert-OH is 2. The highest BCUT2D eigenvalue weighted by molar-refractivity contribution is 5.30. The lowest BCUT2D eigenvalue weighted by atomic mass is 9.74. The van der Waals surface area contributed by atoms with Gasteiger partial charge in [0.1, 0.15) is 0 Å². The summed E-state index contributed by atoms with van der Waals surface area (Å²) in [5, 5.41) is 20.5. The van der Waals surface area contributed by atoms with E-state index in [1.54, 1.807) is 0 Å². The molecule has 0 aromatic rings. The first kappa shape index (κ1) is 18.9. The first-order valence-corrected chi connectivity index (χ1v) is 10.2. The number of aliphatic hydroxyl groups is 2. The molecule has 3 heteroatoms. The minimum Gasteiger partial charge on any atom is -0.393 e. The van der Waals surface area contributed by atoms with Crippen LogP contribution in [0.15, 0.2) is 35.5 Å². The summed E-state index contributed by atoms with van der Waals surface area (Å²) in [5.74, 6) is 0.535. The number of hydrogen-bond donors (Lipinski definition) is 2. The van der Waals surface area contributed by atoms with Crippen molar-refractivity contribution in [2.75, 3.05) is 0 Å². The second-order valence-electron chi connectivity index (χ2n) is 8.07. The van der Waals surface area contributed by atoms with Crippen molar-refractivity contribution in [3.8, 4) is 0 Å². The zero-order chi connectivity index (χ0) is 17.8. The molecule has 2 N–H and O–H groups in total. The fourth-order valence-electron chi connectivity index (χ4n) is 4.66. The van der Waals surface area contributed by atoms with Gasteiger partial charge >= 0.3 is 0 Å². The van der Waals surface area contributed by atoms with Crippen LogP contribution in [0.4, 0.5) is 0 Å². The van der Waals surface area contributed by atoms with Crippen molar-refractivity contribution in [3.63, 3.8) is 0 Å². The van der Waals surface area contributed by atoms with Crippen LogP contribution in [-0.2, 0) is 4.74 Å². The van der Waals surface area contributed by atoms with Gasteiger partial charge in [-0.2, -0.15) is 0 Å². The molecule has 6 unspecified atom stereocenters. The van der Waals surface area contributed by atoms with E-state index in [4.69, 9.17) is 4.74 Å². The third-order valence-corrected chi connectivity index (χ3v) is 6.03. The molecule has 0 aromatic carbocycles. The van der Waals surface area contributed by atoms with Crippen LogP contribution in [0.5, 0.6) is 0 Å². The Morgan fingerprint density at radius 1 is 1.16 bits per heavy atom. The van der Waals surface area contributed by atoms with Gasteiger partial charge in [-0.1, -0.05) is 62.5 Å². The molecule has 6 atom stereocenters. The van der Waals surface area contributed by atoms with Crippen molar-refractivity contribution in [1.82, 2.24) is 0 Å².